The Balaban J connectivity index is 1.50. The van der Waals surface area contributed by atoms with Crippen LogP contribution in [0.4, 0.5) is 37.8 Å². The van der Waals surface area contributed by atoms with E-state index in [-0.39, 0.29) is 34.9 Å². The molecule has 0 aliphatic carbocycles. The van der Waals surface area contributed by atoms with Crippen LogP contribution in [-0.2, 0) is 12.7 Å². The summed E-state index contributed by atoms with van der Waals surface area (Å²) in [5.41, 5.74) is -3.75. The lowest BCUT2D eigenvalue weighted by Crippen LogP contribution is -2.27. The number of hydrogen-bond acceptors (Lipinski definition) is 8. The molecule has 4 rings (SSSR count). The Morgan fingerprint density at radius 1 is 1.17 bits per heavy atom. The smallest absolute Gasteiger partial charge is 0.423 e. The number of aromatic nitrogens is 5. The molecule has 16 heteroatoms. The number of benzene rings is 1. The normalized spacial score (nSPS) is 12.5. The van der Waals surface area contributed by atoms with E-state index in [4.69, 9.17) is 4.74 Å². The van der Waals surface area contributed by atoms with Crippen LogP contribution in [0.25, 0.3) is 22.2 Å². The summed E-state index contributed by atoms with van der Waals surface area (Å²) in [6.07, 6.45) is -3.25. The summed E-state index contributed by atoms with van der Waals surface area (Å²) in [5, 5.41) is 10.7. The molecule has 4 aromatic rings. The maximum Gasteiger partial charge on any atom is 0.423 e. The number of nitrogens with zero attached hydrogens (tertiary/aromatic N) is 4. The molecule has 42 heavy (non-hydrogen) atoms. The molecule has 0 bridgehead atoms. The fourth-order valence-corrected chi connectivity index (χ4v) is 4.30. The maximum absolute atomic E-state index is 15.1. The molecule has 224 valence electrons. The summed E-state index contributed by atoms with van der Waals surface area (Å²) in [6, 6.07) is 3.48. The van der Waals surface area contributed by atoms with E-state index in [9.17, 15) is 31.5 Å². The number of rotatable bonds is 11. The summed E-state index contributed by atoms with van der Waals surface area (Å²) >= 11 is 0. The Hall–Kier alpha value is -4.63. The third-order valence-corrected chi connectivity index (χ3v) is 6.28. The van der Waals surface area contributed by atoms with E-state index in [1.807, 2.05) is 0 Å². The van der Waals surface area contributed by atoms with Crippen molar-refractivity contribution in [2.45, 2.75) is 45.0 Å². The molecule has 0 saturated heterocycles. The zero-order valence-corrected chi connectivity index (χ0v) is 22.2. The van der Waals surface area contributed by atoms with Gasteiger partial charge in [-0.15, -0.1) is 0 Å². The standard InChI is InChI=1S/C26H25F6N7O3/c1-13(36-18-10-35-38-24(40)21(18)26(30,31)32)4-3-6-39-7-5-14-8-16(17(27)9-15(14)25(39)41)22-33-11-19(42-2)23(37-22)34-12-20(28)29/h5,7-11,13,20H,3-4,6,12H2,1-2H3,(H,33,34,37)(H2,36,38,40)/t13-/m0/s1. The van der Waals surface area contributed by atoms with Crippen LogP contribution in [0.3, 0.4) is 0 Å². The van der Waals surface area contributed by atoms with Crippen molar-refractivity contribution >= 4 is 22.3 Å². The minimum Gasteiger partial charge on any atom is -0.491 e. The average Bonchev–Trinajstić information content (AvgIpc) is 2.92. The number of anilines is 2. The summed E-state index contributed by atoms with van der Waals surface area (Å²) in [6.45, 7) is 1.10. The van der Waals surface area contributed by atoms with E-state index < -0.39 is 53.4 Å². The van der Waals surface area contributed by atoms with Crippen molar-refractivity contribution in [1.29, 1.82) is 0 Å². The molecule has 0 saturated carbocycles. The zero-order valence-electron chi connectivity index (χ0n) is 22.2. The SMILES string of the molecule is COc1cnc(-c2cc3ccn(CCC[C@H](C)Nc4cn[nH]c(=O)c4C(F)(F)F)c(=O)c3cc2F)nc1NCC(F)F. The Morgan fingerprint density at radius 2 is 1.93 bits per heavy atom. The largest absolute Gasteiger partial charge is 0.491 e. The summed E-state index contributed by atoms with van der Waals surface area (Å²) in [5.74, 6) is -0.886. The van der Waals surface area contributed by atoms with Crippen molar-refractivity contribution in [2.24, 2.45) is 0 Å². The highest BCUT2D eigenvalue weighted by molar-refractivity contribution is 5.86. The summed E-state index contributed by atoms with van der Waals surface area (Å²) in [7, 11) is 1.30. The van der Waals surface area contributed by atoms with Gasteiger partial charge in [0.25, 0.3) is 17.5 Å². The van der Waals surface area contributed by atoms with Crippen molar-refractivity contribution < 1.29 is 31.1 Å². The quantitative estimate of drug-likeness (QED) is 0.213. The van der Waals surface area contributed by atoms with Gasteiger partial charge >= 0.3 is 6.18 Å². The van der Waals surface area contributed by atoms with Gasteiger partial charge in [0.05, 0.1) is 42.7 Å². The number of pyridine rings is 1. The zero-order chi connectivity index (χ0) is 30.6. The van der Waals surface area contributed by atoms with Crippen LogP contribution >= 0.6 is 0 Å². The molecule has 1 aromatic carbocycles. The fraction of sp³-hybridized carbons (Fsp3) is 0.346. The molecule has 0 fully saturated rings. The summed E-state index contributed by atoms with van der Waals surface area (Å²) < 4.78 is 86.7. The lowest BCUT2D eigenvalue weighted by Gasteiger charge is -2.18. The second-order valence-corrected chi connectivity index (χ2v) is 9.29. The number of nitrogens with one attached hydrogen (secondary N) is 3. The van der Waals surface area contributed by atoms with E-state index in [0.29, 0.717) is 18.2 Å². The third-order valence-electron chi connectivity index (χ3n) is 6.28. The van der Waals surface area contributed by atoms with Gasteiger partial charge in [-0.25, -0.2) is 28.2 Å². The van der Waals surface area contributed by atoms with Gasteiger partial charge < -0.3 is 19.9 Å². The minimum atomic E-state index is -4.88. The number of halogens is 6. The number of aromatic amines is 1. The Morgan fingerprint density at radius 3 is 2.62 bits per heavy atom. The fourth-order valence-electron chi connectivity index (χ4n) is 4.30. The van der Waals surface area contributed by atoms with E-state index in [1.165, 1.54) is 30.1 Å². The lowest BCUT2D eigenvalue weighted by molar-refractivity contribution is -0.138. The highest BCUT2D eigenvalue weighted by atomic mass is 19.4. The van der Waals surface area contributed by atoms with Crippen molar-refractivity contribution in [1.82, 2.24) is 24.7 Å². The Bertz CT molecular complexity index is 1690. The summed E-state index contributed by atoms with van der Waals surface area (Å²) in [4.78, 5) is 32.9. The molecule has 0 aliphatic heterocycles. The van der Waals surface area contributed by atoms with E-state index >= 15 is 4.39 Å². The van der Waals surface area contributed by atoms with Crippen LogP contribution in [0, 0.1) is 5.82 Å². The van der Waals surface area contributed by atoms with Crippen LogP contribution in [-0.4, -0.2) is 50.9 Å². The van der Waals surface area contributed by atoms with Crippen LogP contribution in [0.2, 0.25) is 0 Å². The molecule has 10 nitrogen and oxygen atoms in total. The number of aryl methyl sites for hydroxylation is 1. The van der Waals surface area contributed by atoms with Crippen molar-refractivity contribution in [3.8, 4) is 17.1 Å². The Labute approximate surface area is 233 Å². The monoisotopic (exact) mass is 597 g/mol. The van der Waals surface area contributed by atoms with E-state index in [2.05, 4.69) is 25.7 Å². The van der Waals surface area contributed by atoms with Crippen LogP contribution in [0.5, 0.6) is 5.75 Å². The van der Waals surface area contributed by atoms with Gasteiger partial charge in [0.1, 0.15) is 11.4 Å². The number of alkyl halides is 5. The predicted octanol–water partition coefficient (Wildman–Crippen LogP) is 4.67. The van der Waals surface area contributed by atoms with E-state index in [1.54, 1.807) is 18.1 Å². The first-order valence-electron chi connectivity index (χ1n) is 12.6. The predicted molar refractivity (Wildman–Crippen MR) is 142 cm³/mol. The van der Waals surface area contributed by atoms with Crippen LogP contribution in [0.15, 0.2) is 46.4 Å². The van der Waals surface area contributed by atoms with Gasteiger partial charge in [-0.3, -0.25) is 9.59 Å². The molecule has 0 amide bonds. The topological polar surface area (TPSA) is 127 Å². The molecule has 0 aliphatic rings. The number of fused-ring (bicyclic) bond motifs is 1. The van der Waals surface area contributed by atoms with Gasteiger partial charge in [-0.1, -0.05) is 0 Å². The average molecular weight is 598 g/mol. The van der Waals surface area contributed by atoms with Gasteiger partial charge in [0, 0.05) is 18.8 Å². The van der Waals surface area contributed by atoms with E-state index in [0.717, 1.165) is 12.3 Å². The van der Waals surface area contributed by atoms with Gasteiger partial charge in [-0.2, -0.15) is 18.3 Å². The highest BCUT2D eigenvalue weighted by Gasteiger charge is 2.37. The third kappa shape index (κ3) is 6.80. The molecular formula is C26H25F6N7O3. The molecule has 1 atom stereocenters. The number of hydrogen-bond donors (Lipinski definition) is 3. The van der Waals surface area contributed by atoms with Crippen LogP contribution < -0.4 is 26.5 Å². The molecule has 3 N–H and O–H groups in total. The minimum absolute atomic E-state index is 0.0496. The molecule has 0 radical (unpaired) electrons. The first kappa shape index (κ1) is 30.3. The van der Waals surface area contributed by atoms with Gasteiger partial charge in [-0.05, 0) is 43.4 Å². The van der Waals surface area contributed by atoms with Gasteiger partial charge in [0.2, 0.25) is 0 Å². The molecular weight excluding hydrogens is 572 g/mol. The second kappa shape index (κ2) is 12.5. The second-order valence-electron chi connectivity index (χ2n) is 9.29. The first-order valence-corrected chi connectivity index (χ1v) is 12.6. The number of H-pyrrole nitrogens is 1. The maximum atomic E-state index is 15.1. The molecule has 0 unspecified atom stereocenters. The first-order chi connectivity index (χ1) is 19.9. The van der Waals surface area contributed by atoms with Gasteiger partial charge in [0.15, 0.2) is 17.4 Å². The van der Waals surface area contributed by atoms with Crippen molar-refractivity contribution in [3.63, 3.8) is 0 Å². The Kier molecular flexibility index (Phi) is 9.02. The highest BCUT2D eigenvalue weighted by Crippen LogP contribution is 2.32. The molecule has 0 spiro atoms. The lowest BCUT2D eigenvalue weighted by atomic mass is 10.1. The number of ether oxygens (including phenoxy) is 1. The van der Waals surface area contributed by atoms with Crippen molar-refractivity contribution in [3.05, 3.63) is 68.9 Å². The van der Waals surface area contributed by atoms with Crippen LogP contribution in [0.1, 0.15) is 25.3 Å². The molecule has 3 heterocycles. The molecule has 3 aromatic heterocycles. The van der Waals surface area contributed by atoms with Crippen molar-refractivity contribution in [2.75, 3.05) is 24.3 Å². The number of methoxy groups -OCH3 is 1.